The van der Waals surface area contributed by atoms with Crippen LogP contribution in [0.25, 0.3) is 0 Å². The molecule has 0 radical (unpaired) electrons. The minimum atomic E-state index is -4.13. The number of hydrogen-bond acceptors (Lipinski definition) is 3. The fraction of sp³-hybridized carbons (Fsp3) is 0.200. The highest BCUT2D eigenvalue weighted by atomic mass is 32.2. The fourth-order valence-electron chi connectivity index (χ4n) is 2.08. The third kappa shape index (κ3) is 3.42. The lowest BCUT2D eigenvalue weighted by atomic mass is 10.1. The molecular formula is C15H15F2NO3S. The van der Waals surface area contributed by atoms with Crippen LogP contribution in [-0.2, 0) is 10.0 Å². The number of ether oxygens (including phenoxy) is 1. The minimum Gasteiger partial charge on any atom is -0.496 e. The molecule has 1 N–H and O–H groups in total. The SMILES string of the molecule is COc1ccccc1[C@@H](C)NS(=O)(=O)c1ccc(F)cc1F. The van der Waals surface area contributed by atoms with Crippen LogP contribution in [0.3, 0.4) is 0 Å². The third-order valence-corrected chi connectivity index (χ3v) is 4.69. The first kappa shape index (κ1) is 16.4. The van der Waals surface area contributed by atoms with Gasteiger partial charge in [-0.2, -0.15) is 0 Å². The highest BCUT2D eigenvalue weighted by molar-refractivity contribution is 7.89. The van der Waals surface area contributed by atoms with Crippen molar-refractivity contribution in [2.24, 2.45) is 0 Å². The van der Waals surface area contributed by atoms with Gasteiger partial charge in [0.1, 0.15) is 22.3 Å². The maximum Gasteiger partial charge on any atom is 0.244 e. The van der Waals surface area contributed by atoms with Gasteiger partial charge in [-0.3, -0.25) is 0 Å². The zero-order valence-electron chi connectivity index (χ0n) is 12.0. The summed E-state index contributed by atoms with van der Waals surface area (Å²) in [4.78, 5) is -0.601. The summed E-state index contributed by atoms with van der Waals surface area (Å²) in [5.74, 6) is -1.47. The van der Waals surface area contributed by atoms with Gasteiger partial charge in [0.05, 0.1) is 7.11 Å². The van der Waals surface area contributed by atoms with E-state index in [9.17, 15) is 17.2 Å². The summed E-state index contributed by atoms with van der Waals surface area (Å²) in [5.41, 5.74) is 0.607. The maximum atomic E-state index is 13.7. The van der Waals surface area contributed by atoms with Crippen LogP contribution in [0.4, 0.5) is 8.78 Å². The minimum absolute atomic E-state index is 0.511. The van der Waals surface area contributed by atoms with Gasteiger partial charge < -0.3 is 4.74 Å². The van der Waals surface area contributed by atoms with E-state index in [1.807, 2.05) is 0 Å². The molecule has 118 valence electrons. The molecule has 0 amide bonds. The van der Waals surface area contributed by atoms with E-state index in [0.717, 1.165) is 12.1 Å². The molecule has 0 saturated carbocycles. The monoisotopic (exact) mass is 327 g/mol. The molecule has 4 nitrogen and oxygen atoms in total. The number of nitrogens with one attached hydrogen (secondary N) is 1. The van der Waals surface area contributed by atoms with Crippen LogP contribution in [0, 0.1) is 11.6 Å². The summed E-state index contributed by atoms with van der Waals surface area (Å²) in [6.07, 6.45) is 0. The molecule has 2 aromatic rings. The molecule has 0 saturated heterocycles. The molecule has 0 aliphatic heterocycles. The molecule has 0 unspecified atom stereocenters. The van der Waals surface area contributed by atoms with Gasteiger partial charge in [0.15, 0.2) is 0 Å². The lowest BCUT2D eigenvalue weighted by Gasteiger charge is -2.17. The average Bonchev–Trinajstić information content (AvgIpc) is 2.46. The van der Waals surface area contributed by atoms with Gasteiger partial charge >= 0.3 is 0 Å². The van der Waals surface area contributed by atoms with Gasteiger partial charge in [-0.25, -0.2) is 21.9 Å². The van der Waals surface area contributed by atoms with E-state index in [1.54, 1.807) is 31.2 Å². The Morgan fingerprint density at radius 3 is 2.45 bits per heavy atom. The zero-order chi connectivity index (χ0) is 16.3. The van der Waals surface area contributed by atoms with Crippen molar-refractivity contribution in [3.05, 3.63) is 59.7 Å². The molecule has 1 atom stereocenters. The highest BCUT2D eigenvalue weighted by Crippen LogP contribution is 2.26. The number of methoxy groups -OCH3 is 1. The first-order valence-electron chi connectivity index (χ1n) is 6.45. The summed E-state index contributed by atoms with van der Waals surface area (Å²) in [6, 6.07) is 8.55. The van der Waals surface area contributed by atoms with Crippen LogP contribution in [0.2, 0.25) is 0 Å². The van der Waals surface area contributed by atoms with Crippen LogP contribution in [0.1, 0.15) is 18.5 Å². The number of rotatable bonds is 5. The van der Waals surface area contributed by atoms with Gasteiger partial charge in [-0.15, -0.1) is 0 Å². The molecule has 7 heteroatoms. The van der Waals surface area contributed by atoms with E-state index >= 15 is 0 Å². The topological polar surface area (TPSA) is 55.4 Å². The van der Waals surface area contributed by atoms with E-state index in [2.05, 4.69) is 4.72 Å². The Morgan fingerprint density at radius 1 is 1.14 bits per heavy atom. The number of hydrogen-bond donors (Lipinski definition) is 1. The van der Waals surface area contributed by atoms with Crippen LogP contribution < -0.4 is 9.46 Å². The number of benzene rings is 2. The Bertz CT molecular complexity index is 778. The van der Waals surface area contributed by atoms with Gasteiger partial charge in [0.25, 0.3) is 0 Å². The normalized spacial score (nSPS) is 12.9. The van der Waals surface area contributed by atoms with E-state index in [0.29, 0.717) is 17.4 Å². The van der Waals surface area contributed by atoms with Crippen molar-refractivity contribution in [2.75, 3.05) is 7.11 Å². The fourth-order valence-corrected chi connectivity index (χ4v) is 3.36. The predicted octanol–water partition coefficient (Wildman–Crippen LogP) is 3.01. The first-order chi connectivity index (χ1) is 10.3. The molecule has 0 aromatic heterocycles. The van der Waals surface area contributed by atoms with Crippen molar-refractivity contribution < 1.29 is 21.9 Å². The van der Waals surface area contributed by atoms with E-state index in [-0.39, 0.29) is 0 Å². The quantitative estimate of drug-likeness (QED) is 0.918. The highest BCUT2D eigenvalue weighted by Gasteiger charge is 2.23. The standard InChI is InChI=1S/C15H15F2NO3S/c1-10(12-5-3-4-6-14(12)21-2)18-22(19,20)15-8-7-11(16)9-13(15)17/h3-10,18H,1-2H3/t10-/m1/s1. The molecule has 0 aliphatic carbocycles. The summed E-state index contributed by atoms with van der Waals surface area (Å²) in [5, 5.41) is 0. The Kier molecular flexibility index (Phi) is 4.77. The third-order valence-electron chi connectivity index (χ3n) is 3.12. The summed E-state index contributed by atoms with van der Waals surface area (Å²) in [6.45, 7) is 1.61. The molecule has 2 rings (SSSR count). The van der Waals surface area contributed by atoms with Crippen molar-refractivity contribution >= 4 is 10.0 Å². The van der Waals surface area contributed by atoms with Gasteiger partial charge in [-0.1, -0.05) is 18.2 Å². The Balaban J connectivity index is 2.32. The van der Waals surface area contributed by atoms with Crippen LogP contribution in [0.5, 0.6) is 5.75 Å². The average molecular weight is 327 g/mol. The number of sulfonamides is 1. The van der Waals surface area contributed by atoms with Crippen molar-refractivity contribution in [3.8, 4) is 5.75 Å². The largest absolute Gasteiger partial charge is 0.496 e. The van der Waals surface area contributed by atoms with Crippen molar-refractivity contribution in [2.45, 2.75) is 17.9 Å². The molecule has 0 aliphatic rings. The van der Waals surface area contributed by atoms with E-state index < -0.39 is 32.6 Å². The lowest BCUT2D eigenvalue weighted by Crippen LogP contribution is -2.28. The second kappa shape index (κ2) is 6.41. The molecule has 0 spiro atoms. The predicted molar refractivity (Wildman–Crippen MR) is 78.1 cm³/mol. The first-order valence-corrected chi connectivity index (χ1v) is 7.94. The number of para-hydroxylation sites is 1. The Labute approximate surface area is 127 Å². The molecular weight excluding hydrogens is 312 g/mol. The molecule has 0 heterocycles. The molecule has 22 heavy (non-hydrogen) atoms. The van der Waals surface area contributed by atoms with Crippen molar-refractivity contribution in [3.63, 3.8) is 0 Å². The Morgan fingerprint density at radius 2 is 1.82 bits per heavy atom. The smallest absolute Gasteiger partial charge is 0.244 e. The summed E-state index contributed by atoms with van der Waals surface area (Å²) < 4.78 is 58.5. The number of halogens is 2. The summed E-state index contributed by atoms with van der Waals surface area (Å²) in [7, 11) is -2.66. The van der Waals surface area contributed by atoms with E-state index in [4.69, 9.17) is 4.74 Å². The van der Waals surface area contributed by atoms with Crippen LogP contribution in [0.15, 0.2) is 47.4 Å². The van der Waals surface area contributed by atoms with Crippen molar-refractivity contribution in [1.29, 1.82) is 0 Å². The molecule has 0 bridgehead atoms. The van der Waals surface area contributed by atoms with E-state index in [1.165, 1.54) is 7.11 Å². The van der Waals surface area contributed by atoms with Crippen LogP contribution >= 0.6 is 0 Å². The van der Waals surface area contributed by atoms with Gasteiger partial charge in [-0.05, 0) is 25.1 Å². The van der Waals surface area contributed by atoms with Crippen LogP contribution in [-0.4, -0.2) is 15.5 Å². The maximum absolute atomic E-state index is 13.7. The second-order valence-electron chi connectivity index (χ2n) is 4.66. The Hall–Kier alpha value is -1.99. The van der Waals surface area contributed by atoms with Crippen molar-refractivity contribution in [1.82, 2.24) is 4.72 Å². The molecule has 2 aromatic carbocycles. The lowest BCUT2D eigenvalue weighted by molar-refractivity contribution is 0.405. The second-order valence-corrected chi connectivity index (χ2v) is 6.34. The van der Waals surface area contributed by atoms with Gasteiger partial charge in [0, 0.05) is 17.7 Å². The molecule has 0 fully saturated rings. The zero-order valence-corrected chi connectivity index (χ0v) is 12.8. The van der Waals surface area contributed by atoms with Gasteiger partial charge in [0.2, 0.25) is 10.0 Å². The summed E-state index contributed by atoms with van der Waals surface area (Å²) >= 11 is 0.